The van der Waals surface area contributed by atoms with E-state index in [4.69, 9.17) is 0 Å². The number of hydrogen-bond donors (Lipinski definition) is 1. The van der Waals surface area contributed by atoms with Crippen LogP contribution in [0.25, 0.3) is 0 Å². The molecule has 3 aliphatic heterocycles. The number of fused-ring (bicyclic) bond motifs is 1. The Morgan fingerprint density at radius 2 is 2.10 bits per heavy atom. The normalized spacial score (nSPS) is 43.9. The maximum Gasteiger partial charge on any atom is 0.0382 e. The lowest BCUT2D eigenvalue weighted by Crippen LogP contribution is -2.63. The predicted octanol–water partition coefficient (Wildman–Crippen LogP) is 3.78. The van der Waals surface area contributed by atoms with Gasteiger partial charge in [0.1, 0.15) is 0 Å². The molecule has 1 aromatic rings. The predicted molar refractivity (Wildman–Crippen MR) is 86.7 cm³/mol. The summed E-state index contributed by atoms with van der Waals surface area (Å²) < 4.78 is 0. The molecule has 4 aliphatic rings. The lowest BCUT2D eigenvalue weighted by Gasteiger charge is -2.58. The van der Waals surface area contributed by atoms with E-state index in [1.165, 1.54) is 57.3 Å². The molecule has 1 aliphatic carbocycles. The third-order valence-electron chi connectivity index (χ3n) is 7.38. The SMILES string of the molecule is CCC12CCCN3CC[C@]4(c5ccccc5NC4CC1)C32. The van der Waals surface area contributed by atoms with Crippen molar-refractivity contribution in [1.29, 1.82) is 0 Å². The molecule has 5 rings (SSSR count). The number of nitrogens with zero attached hydrogens (tertiary/aromatic N) is 1. The van der Waals surface area contributed by atoms with Crippen LogP contribution in [0.2, 0.25) is 0 Å². The molecule has 2 nitrogen and oxygen atoms in total. The number of hydrogen-bond acceptors (Lipinski definition) is 2. The summed E-state index contributed by atoms with van der Waals surface area (Å²) in [5.41, 5.74) is 4.07. The molecule has 0 radical (unpaired) electrons. The zero-order chi connectivity index (χ0) is 14.1. The van der Waals surface area contributed by atoms with Gasteiger partial charge in [-0.25, -0.2) is 0 Å². The summed E-state index contributed by atoms with van der Waals surface area (Å²) in [4.78, 5) is 2.86. The van der Waals surface area contributed by atoms with Crippen LogP contribution in [0.3, 0.4) is 0 Å². The summed E-state index contributed by atoms with van der Waals surface area (Å²) >= 11 is 0. The third kappa shape index (κ3) is 1.34. The Balaban J connectivity index is 1.72. The highest BCUT2D eigenvalue weighted by Crippen LogP contribution is 2.63. The molecular weight excluding hydrogens is 256 g/mol. The monoisotopic (exact) mass is 282 g/mol. The van der Waals surface area contributed by atoms with Crippen LogP contribution in [0, 0.1) is 5.41 Å². The number of para-hydroxylation sites is 1. The third-order valence-corrected chi connectivity index (χ3v) is 7.38. The highest BCUT2D eigenvalue weighted by atomic mass is 15.2. The second kappa shape index (κ2) is 4.04. The molecule has 1 N–H and O–H groups in total. The van der Waals surface area contributed by atoms with Crippen molar-refractivity contribution in [2.24, 2.45) is 5.41 Å². The van der Waals surface area contributed by atoms with Gasteiger partial charge in [0.25, 0.3) is 0 Å². The zero-order valence-electron chi connectivity index (χ0n) is 13.1. The van der Waals surface area contributed by atoms with E-state index in [0.29, 0.717) is 16.9 Å². The van der Waals surface area contributed by atoms with Crippen LogP contribution in [0.15, 0.2) is 24.3 Å². The Morgan fingerprint density at radius 3 is 3.00 bits per heavy atom. The fraction of sp³-hybridized carbons (Fsp3) is 0.684. The minimum atomic E-state index is 0.408. The lowest BCUT2D eigenvalue weighted by molar-refractivity contribution is -0.0309. The average molecular weight is 282 g/mol. The van der Waals surface area contributed by atoms with E-state index < -0.39 is 0 Å². The van der Waals surface area contributed by atoms with Gasteiger partial charge in [0.15, 0.2) is 0 Å². The van der Waals surface area contributed by atoms with Crippen molar-refractivity contribution in [1.82, 2.24) is 4.90 Å². The fourth-order valence-corrected chi connectivity index (χ4v) is 6.60. The first-order chi connectivity index (χ1) is 10.3. The summed E-state index contributed by atoms with van der Waals surface area (Å²) in [7, 11) is 0. The summed E-state index contributed by atoms with van der Waals surface area (Å²) in [5, 5.41) is 3.90. The van der Waals surface area contributed by atoms with Crippen LogP contribution in [0.1, 0.15) is 51.0 Å². The van der Waals surface area contributed by atoms with E-state index in [-0.39, 0.29) is 0 Å². The lowest BCUT2D eigenvalue weighted by atomic mass is 9.52. The van der Waals surface area contributed by atoms with Gasteiger partial charge in [0.2, 0.25) is 0 Å². The van der Waals surface area contributed by atoms with Crippen LogP contribution in [0.5, 0.6) is 0 Å². The summed E-state index contributed by atoms with van der Waals surface area (Å²) in [6.45, 7) is 5.10. The molecule has 1 saturated carbocycles. The molecule has 21 heavy (non-hydrogen) atoms. The highest BCUT2D eigenvalue weighted by Gasteiger charge is 2.65. The molecule has 0 aromatic heterocycles. The van der Waals surface area contributed by atoms with E-state index in [1.54, 1.807) is 5.56 Å². The standard InChI is InChI=1S/C19H26N2/c1-2-18-9-5-12-21-13-11-19(17(18)21)14-6-3-4-7-15(14)20-16(19)8-10-18/h3-4,6-7,16-17,20H,2,5,8-13H2,1H3/t16?,17?,18?,19-/m1/s1. The summed E-state index contributed by atoms with van der Waals surface area (Å²) in [6, 6.07) is 10.7. The quantitative estimate of drug-likeness (QED) is 0.843. The minimum absolute atomic E-state index is 0.408. The first kappa shape index (κ1) is 12.5. The van der Waals surface area contributed by atoms with Gasteiger partial charge in [-0.15, -0.1) is 0 Å². The van der Waals surface area contributed by atoms with Gasteiger partial charge in [-0.05, 0) is 68.7 Å². The Labute approximate surface area is 127 Å². The van der Waals surface area contributed by atoms with Crippen molar-refractivity contribution in [2.45, 2.75) is 62.9 Å². The molecule has 112 valence electrons. The van der Waals surface area contributed by atoms with Crippen LogP contribution >= 0.6 is 0 Å². The fourth-order valence-electron chi connectivity index (χ4n) is 6.60. The maximum atomic E-state index is 3.90. The van der Waals surface area contributed by atoms with Crippen LogP contribution in [-0.4, -0.2) is 30.1 Å². The largest absolute Gasteiger partial charge is 0.381 e. The van der Waals surface area contributed by atoms with Gasteiger partial charge < -0.3 is 5.32 Å². The van der Waals surface area contributed by atoms with E-state index >= 15 is 0 Å². The molecule has 1 spiro atoms. The summed E-state index contributed by atoms with van der Waals surface area (Å²) in [6.07, 6.45) is 8.41. The number of anilines is 1. The first-order valence-electron chi connectivity index (χ1n) is 8.90. The highest BCUT2D eigenvalue weighted by molar-refractivity contribution is 5.64. The van der Waals surface area contributed by atoms with Gasteiger partial charge in [0.05, 0.1) is 0 Å². The number of benzene rings is 1. The molecule has 1 aromatic carbocycles. The summed E-state index contributed by atoms with van der Waals surface area (Å²) in [5.74, 6) is 0. The molecule has 2 heteroatoms. The molecule has 3 fully saturated rings. The van der Waals surface area contributed by atoms with Gasteiger partial charge in [-0.1, -0.05) is 25.1 Å². The zero-order valence-corrected chi connectivity index (χ0v) is 13.1. The maximum absolute atomic E-state index is 3.90. The average Bonchev–Trinajstić information content (AvgIpc) is 3.08. The molecule has 0 bridgehead atoms. The van der Waals surface area contributed by atoms with E-state index in [1.807, 2.05) is 0 Å². The van der Waals surface area contributed by atoms with E-state index in [9.17, 15) is 0 Å². The Morgan fingerprint density at radius 1 is 1.19 bits per heavy atom. The minimum Gasteiger partial charge on any atom is -0.381 e. The van der Waals surface area contributed by atoms with Crippen molar-refractivity contribution in [3.8, 4) is 0 Å². The van der Waals surface area contributed by atoms with Crippen molar-refractivity contribution < 1.29 is 0 Å². The topological polar surface area (TPSA) is 15.3 Å². The molecule has 0 amide bonds. The Kier molecular flexibility index (Phi) is 2.41. The van der Waals surface area contributed by atoms with Crippen molar-refractivity contribution >= 4 is 5.69 Å². The number of piperidine rings is 1. The van der Waals surface area contributed by atoms with Gasteiger partial charge in [-0.3, -0.25) is 4.90 Å². The van der Waals surface area contributed by atoms with Crippen molar-refractivity contribution in [3.63, 3.8) is 0 Å². The van der Waals surface area contributed by atoms with Crippen molar-refractivity contribution in [2.75, 3.05) is 18.4 Å². The number of nitrogens with one attached hydrogen (secondary N) is 1. The van der Waals surface area contributed by atoms with Crippen LogP contribution in [-0.2, 0) is 5.41 Å². The second-order valence-corrected chi connectivity index (χ2v) is 7.83. The molecule has 4 atom stereocenters. The molecular formula is C19H26N2. The van der Waals surface area contributed by atoms with Gasteiger partial charge in [-0.2, -0.15) is 0 Å². The molecule has 2 saturated heterocycles. The smallest absolute Gasteiger partial charge is 0.0382 e. The van der Waals surface area contributed by atoms with Crippen LogP contribution in [0.4, 0.5) is 5.69 Å². The van der Waals surface area contributed by atoms with Crippen molar-refractivity contribution in [3.05, 3.63) is 29.8 Å². The molecule has 3 heterocycles. The molecule has 3 unspecified atom stereocenters. The van der Waals surface area contributed by atoms with Crippen LogP contribution < -0.4 is 5.32 Å². The first-order valence-corrected chi connectivity index (χ1v) is 8.90. The van der Waals surface area contributed by atoms with E-state index in [0.717, 1.165) is 6.04 Å². The second-order valence-electron chi connectivity index (χ2n) is 7.83. The Hall–Kier alpha value is -1.02. The van der Waals surface area contributed by atoms with Gasteiger partial charge in [0, 0.05) is 23.2 Å². The number of rotatable bonds is 1. The van der Waals surface area contributed by atoms with Gasteiger partial charge >= 0.3 is 0 Å². The Bertz CT molecular complexity index is 583. The van der Waals surface area contributed by atoms with E-state index in [2.05, 4.69) is 41.4 Å².